The fourth-order valence-electron chi connectivity index (χ4n) is 5.42. The van der Waals surface area contributed by atoms with E-state index in [4.69, 9.17) is 13.9 Å². The molecule has 212 valence electrons. The summed E-state index contributed by atoms with van der Waals surface area (Å²) < 4.78 is 18.7. The summed E-state index contributed by atoms with van der Waals surface area (Å²) in [7, 11) is -2.89. The van der Waals surface area contributed by atoms with Crippen molar-refractivity contribution in [2.75, 3.05) is 6.54 Å². The Morgan fingerprint density at radius 2 is 1.30 bits per heavy atom. The highest BCUT2D eigenvalue weighted by Gasteiger charge is 2.54. The van der Waals surface area contributed by atoms with Gasteiger partial charge in [-0.2, -0.15) is 0 Å². The number of hydrogen-bond donors (Lipinski definition) is 0. The van der Waals surface area contributed by atoms with Crippen molar-refractivity contribution in [1.82, 2.24) is 4.90 Å². The van der Waals surface area contributed by atoms with Crippen LogP contribution in [0.5, 0.6) is 0 Å². The minimum absolute atomic E-state index is 0.122. The van der Waals surface area contributed by atoms with Gasteiger partial charge in [0.2, 0.25) is 0 Å². The summed E-state index contributed by atoms with van der Waals surface area (Å²) in [5.74, 6) is -0.447. The summed E-state index contributed by atoms with van der Waals surface area (Å²) in [6, 6.07) is 29.4. The first-order valence-electron chi connectivity index (χ1n) is 13.9. The van der Waals surface area contributed by atoms with Gasteiger partial charge in [0.05, 0.1) is 6.10 Å². The number of esters is 1. The third kappa shape index (κ3) is 6.65. The van der Waals surface area contributed by atoms with Crippen LogP contribution in [0.25, 0.3) is 0 Å². The molecule has 2 atom stereocenters. The molecule has 3 aromatic rings. The summed E-state index contributed by atoms with van der Waals surface area (Å²) in [5.41, 5.74) is 0.192. The third-order valence-electron chi connectivity index (χ3n) is 7.14. The molecule has 1 heterocycles. The average Bonchev–Trinajstić information content (AvgIpc) is 3.34. The van der Waals surface area contributed by atoms with Gasteiger partial charge < -0.3 is 13.9 Å². The molecule has 1 saturated heterocycles. The zero-order valence-electron chi connectivity index (χ0n) is 24.4. The monoisotopic (exact) mass is 559 g/mol. The molecule has 0 N–H and O–H groups in total. The van der Waals surface area contributed by atoms with E-state index in [0.717, 1.165) is 15.9 Å². The highest BCUT2D eigenvalue weighted by molar-refractivity contribution is 6.99. The zero-order chi connectivity index (χ0) is 29.0. The summed E-state index contributed by atoms with van der Waals surface area (Å²) in [4.78, 5) is 28.3. The van der Waals surface area contributed by atoms with Crippen LogP contribution in [-0.2, 0) is 25.3 Å². The largest absolute Gasteiger partial charge is 0.458 e. The predicted molar refractivity (Wildman–Crippen MR) is 160 cm³/mol. The molecule has 6 nitrogen and oxygen atoms in total. The Morgan fingerprint density at radius 1 is 0.800 bits per heavy atom. The van der Waals surface area contributed by atoms with Gasteiger partial charge in [0.25, 0.3) is 8.32 Å². The van der Waals surface area contributed by atoms with Gasteiger partial charge in [0.15, 0.2) is 0 Å². The molecule has 0 spiro atoms. The first-order valence-corrected chi connectivity index (χ1v) is 15.8. The summed E-state index contributed by atoms with van der Waals surface area (Å²) >= 11 is 0. The highest BCUT2D eigenvalue weighted by atomic mass is 28.4. The second-order valence-corrected chi connectivity index (χ2v) is 16.6. The molecule has 4 rings (SSSR count). The molecule has 0 aliphatic carbocycles. The van der Waals surface area contributed by atoms with Crippen LogP contribution in [0.4, 0.5) is 4.79 Å². The molecule has 1 fully saturated rings. The van der Waals surface area contributed by atoms with Crippen LogP contribution in [0.2, 0.25) is 5.04 Å². The summed E-state index contributed by atoms with van der Waals surface area (Å²) in [6.45, 7) is 12.5. The Balaban J connectivity index is 1.68. The van der Waals surface area contributed by atoms with Crippen molar-refractivity contribution in [3.05, 3.63) is 96.6 Å². The lowest BCUT2D eigenvalue weighted by atomic mass is 10.1. The standard InChI is InChI=1S/C33H41NO5Si/c1-32(2,3)38-30(35)29-22-26(23-34(29)31(36)37-24-25-16-10-7-11-17-25)39-40(33(4,5)6,27-18-12-8-13-19-27)28-20-14-9-15-21-28/h7-21,26,29H,22-24H2,1-6H3/t26-,29+/m1/s1. The maximum atomic E-state index is 13.4. The minimum Gasteiger partial charge on any atom is -0.458 e. The van der Waals surface area contributed by atoms with Crippen molar-refractivity contribution in [1.29, 1.82) is 0 Å². The van der Waals surface area contributed by atoms with Gasteiger partial charge >= 0.3 is 12.1 Å². The quantitative estimate of drug-likeness (QED) is 0.275. The highest BCUT2D eigenvalue weighted by Crippen LogP contribution is 2.39. The van der Waals surface area contributed by atoms with Gasteiger partial charge in [-0.1, -0.05) is 112 Å². The normalized spacial score (nSPS) is 17.9. The molecule has 0 bridgehead atoms. The van der Waals surface area contributed by atoms with Crippen LogP contribution in [0.1, 0.15) is 53.5 Å². The second kappa shape index (κ2) is 12.0. The molecule has 0 saturated carbocycles. The molecule has 7 heteroatoms. The van der Waals surface area contributed by atoms with Crippen LogP contribution in [0.15, 0.2) is 91.0 Å². The van der Waals surface area contributed by atoms with Crippen molar-refractivity contribution >= 4 is 30.8 Å². The Morgan fingerprint density at radius 3 is 1.77 bits per heavy atom. The molecular weight excluding hydrogens is 518 g/mol. The molecule has 3 aromatic carbocycles. The molecule has 1 aliphatic rings. The summed E-state index contributed by atoms with van der Waals surface area (Å²) in [6.07, 6.45) is -0.596. The van der Waals surface area contributed by atoms with Gasteiger partial charge in [0.1, 0.15) is 18.2 Å². The van der Waals surface area contributed by atoms with E-state index in [1.54, 1.807) is 0 Å². The van der Waals surface area contributed by atoms with E-state index in [1.807, 2.05) is 87.5 Å². The number of amides is 1. The van der Waals surface area contributed by atoms with Gasteiger partial charge in [-0.25, -0.2) is 9.59 Å². The van der Waals surface area contributed by atoms with Crippen LogP contribution in [-0.4, -0.2) is 49.6 Å². The van der Waals surface area contributed by atoms with Crippen LogP contribution in [0, 0.1) is 0 Å². The lowest BCUT2D eigenvalue weighted by molar-refractivity contribution is -0.159. The lowest BCUT2D eigenvalue weighted by Crippen LogP contribution is -2.67. The van der Waals surface area contributed by atoms with Crippen molar-refractivity contribution in [2.24, 2.45) is 0 Å². The Labute approximate surface area is 239 Å². The van der Waals surface area contributed by atoms with Crippen LogP contribution in [0.3, 0.4) is 0 Å². The van der Waals surface area contributed by atoms with E-state index >= 15 is 0 Å². The van der Waals surface area contributed by atoms with Crippen LogP contribution < -0.4 is 10.4 Å². The molecule has 1 aliphatic heterocycles. The molecule has 0 radical (unpaired) electrons. The fraction of sp³-hybridized carbons (Fsp3) is 0.394. The fourth-order valence-corrected chi connectivity index (χ4v) is 10.1. The SMILES string of the molecule is CC(C)(C)OC(=O)[C@@H]1C[C@@H](O[Si](c2ccccc2)(c2ccccc2)C(C)(C)C)CN1C(=O)OCc1ccccc1. The van der Waals surface area contributed by atoms with E-state index in [0.29, 0.717) is 6.42 Å². The zero-order valence-corrected chi connectivity index (χ0v) is 25.4. The molecule has 0 aromatic heterocycles. The van der Waals surface area contributed by atoms with Gasteiger partial charge in [0, 0.05) is 13.0 Å². The van der Waals surface area contributed by atoms with Crippen molar-refractivity contribution in [3.63, 3.8) is 0 Å². The van der Waals surface area contributed by atoms with E-state index in [1.165, 1.54) is 4.90 Å². The number of carbonyl (C=O) groups is 2. The Kier molecular flexibility index (Phi) is 8.85. The van der Waals surface area contributed by atoms with Crippen molar-refractivity contribution < 1.29 is 23.5 Å². The smallest absolute Gasteiger partial charge is 0.410 e. The van der Waals surface area contributed by atoms with E-state index < -0.39 is 32.0 Å². The first-order chi connectivity index (χ1) is 18.9. The van der Waals surface area contributed by atoms with Gasteiger partial charge in [-0.15, -0.1) is 0 Å². The summed E-state index contributed by atoms with van der Waals surface area (Å²) in [5, 5.41) is 2.05. The first kappa shape index (κ1) is 29.6. The van der Waals surface area contributed by atoms with Crippen molar-refractivity contribution in [3.8, 4) is 0 Å². The van der Waals surface area contributed by atoms with E-state index in [9.17, 15) is 9.59 Å². The van der Waals surface area contributed by atoms with Crippen molar-refractivity contribution in [2.45, 2.75) is 77.4 Å². The van der Waals surface area contributed by atoms with Gasteiger partial charge in [-0.3, -0.25) is 4.90 Å². The minimum atomic E-state index is -2.89. The van der Waals surface area contributed by atoms with E-state index in [2.05, 4.69) is 45.0 Å². The number of benzene rings is 3. The maximum Gasteiger partial charge on any atom is 0.410 e. The number of rotatable bonds is 7. The Bertz CT molecular complexity index is 1230. The van der Waals surface area contributed by atoms with Crippen LogP contribution >= 0.6 is 0 Å². The third-order valence-corrected chi connectivity index (χ3v) is 12.2. The number of nitrogens with zero attached hydrogens (tertiary/aromatic N) is 1. The average molecular weight is 560 g/mol. The topological polar surface area (TPSA) is 65.1 Å². The molecule has 0 unspecified atom stereocenters. The number of carbonyl (C=O) groups excluding carboxylic acids is 2. The van der Waals surface area contributed by atoms with Gasteiger partial charge in [-0.05, 0) is 41.7 Å². The molecule has 40 heavy (non-hydrogen) atoms. The second-order valence-electron chi connectivity index (χ2n) is 12.4. The number of likely N-dealkylation sites (tertiary alicyclic amines) is 1. The lowest BCUT2D eigenvalue weighted by Gasteiger charge is -2.44. The number of ether oxygens (including phenoxy) is 2. The molecule has 1 amide bonds. The molecular formula is C33H41NO5Si. The van der Waals surface area contributed by atoms with E-state index in [-0.39, 0.29) is 24.3 Å². The number of hydrogen-bond acceptors (Lipinski definition) is 5. The Hall–Kier alpha value is -3.42. The predicted octanol–water partition coefficient (Wildman–Crippen LogP) is 5.68. The maximum absolute atomic E-state index is 13.4.